The largest absolute Gasteiger partial charge is 0.326 e. The molecule has 1 heterocycles. The molecule has 1 atom stereocenters. The van der Waals surface area contributed by atoms with Gasteiger partial charge in [-0.25, -0.2) is 13.1 Å². The zero-order chi connectivity index (χ0) is 21.9. The van der Waals surface area contributed by atoms with Gasteiger partial charge in [0.05, 0.1) is 10.8 Å². The number of nitrogens with one attached hydrogen (secondary N) is 2. The SMILES string of the molecule is CNS(=O)(=O)c1ccc(C)c(NC(=O)[C@@H]2CCCN(Cc3c(Cl)cccc3Cl)C2)c1. The molecule has 0 unspecified atom stereocenters. The summed E-state index contributed by atoms with van der Waals surface area (Å²) in [4.78, 5) is 15.2. The van der Waals surface area contributed by atoms with Crippen molar-refractivity contribution < 1.29 is 13.2 Å². The number of halogens is 2. The number of hydrogen-bond donors (Lipinski definition) is 2. The van der Waals surface area contributed by atoms with Crippen molar-refractivity contribution in [2.75, 3.05) is 25.5 Å². The highest BCUT2D eigenvalue weighted by Gasteiger charge is 2.27. The Balaban J connectivity index is 1.71. The van der Waals surface area contributed by atoms with Crippen molar-refractivity contribution in [3.05, 3.63) is 57.6 Å². The van der Waals surface area contributed by atoms with E-state index in [1.54, 1.807) is 6.07 Å². The summed E-state index contributed by atoms with van der Waals surface area (Å²) in [6.07, 6.45) is 1.65. The summed E-state index contributed by atoms with van der Waals surface area (Å²) in [5.74, 6) is -0.323. The lowest BCUT2D eigenvalue weighted by molar-refractivity contribution is -0.121. The number of aryl methyl sites for hydroxylation is 1. The normalized spacial score (nSPS) is 17.7. The van der Waals surface area contributed by atoms with Gasteiger partial charge in [0.15, 0.2) is 0 Å². The van der Waals surface area contributed by atoms with Crippen molar-refractivity contribution in [1.82, 2.24) is 9.62 Å². The molecule has 1 saturated heterocycles. The molecule has 2 N–H and O–H groups in total. The fourth-order valence-electron chi connectivity index (χ4n) is 3.58. The molecule has 1 aliphatic heterocycles. The molecule has 6 nitrogen and oxygen atoms in total. The van der Waals surface area contributed by atoms with Crippen LogP contribution in [0.2, 0.25) is 10.0 Å². The summed E-state index contributed by atoms with van der Waals surface area (Å²) in [6.45, 7) is 3.86. The van der Waals surface area contributed by atoms with Crippen LogP contribution >= 0.6 is 23.2 Å². The molecule has 2 aromatic carbocycles. The van der Waals surface area contributed by atoms with Gasteiger partial charge >= 0.3 is 0 Å². The van der Waals surface area contributed by atoms with Gasteiger partial charge in [0, 0.05) is 34.4 Å². The third kappa shape index (κ3) is 5.34. The first-order chi connectivity index (χ1) is 14.2. The van der Waals surface area contributed by atoms with E-state index in [1.807, 2.05) is 25.1 Å². The zero-order valence-electron chi connectivity index (χ0n) is 16.9. The molecule has 0 spiro atoms. The lowest BCUT2D eigenvalue weighted by Gasteiger charge is -2.32. The first kappa shape index (κ1) is 23.0. The quantitative estimate of drug-likeness (QED) is 0.668. The molecule has 162 valence electrons. The number of hydrogen-bond acceptors (Lipinski definition) is 4. The molecule has 0 aliphatic carbocycles. The van der Waals surface area contributed by atoms with E-state index in [-0.39, 0.29) is 16.7 Å². The van der Waals surface area contributed by atoms with Crippen LogP contribution in [0.15, 0.2) is 41.3 Å². The first-order valence-electron chi connectivity index (χ1n) is 9.71. The Hall–Kier alpha value is -1.64. The van der Waals surface area contributed by atoms with Crippen LogP contribution in [0.3, 0.4) is 0 Å². The van der Waals surface area contributed by atoms with Gasteiger partial charge in [-0.15, -0.1) is 0 Å². The molecule has 1 fully saturated rings. The van der Waals surface area contributed by atoms with Gasteiger partial charge < -0.3 is 5.32 Å². The Labute approximate surface area is 187 Å². The van der Waals surface area contributed by atoms with Crippen molar-refractivity contribution in [3.8, 4) is 0 Å². The Morgan fingerprint density at radius 2 is 1.90 bits per heavy atom. The molecule has 0 aromatic heterocycles. The maximum Gasteiger partial charge on any atom is 0.240 e. The molecule has 3 rings (SSSR count). The summed E-state index contributed by atoms with van der Waals surface area (Å²) in [7, 11) is -2.23. The topological polar surface area (TPSA) is 78.5 Å². The van der Waals surface area contributed by atoms with Gasteiger partial charge in [-0.1, -0.05) is 35.3 Å². The Morgan fingerprint density at radius 3 is 2.57 bits per heavy atom. The van der Waals surface area contributed by atoms with Crippen molar-refractivity contribution in [3.63, 3.8) is 0 Å². The van der Waals surface area contributed by atoms with Crippen molar-refractivity contribution in [1.29, 1.82) is 0 Å². The van der Waals surface area contributed by atoms with Crippen LogP contribution in [-0.4, -0.2) is 39.4 Å². The first-order valence-corrected chi connectivity index (χ1v) is 12.0. The molecule has 2 aromatic rings. The summed E-state index contributed by atoms with van der Waals surface area (Å²) in [6, 6.07) is 10.1. The lowest BCUT2D eigenvalue weighted by Crippen LogP contribution is -2.40. The molecule has 0 bridgehead atoms. The van der Waals surface area contributed by atoms with E-state index in [9.17, 15) is 13.2 Å². The van der Waals surface area contributed by atoms with E-state index >= 15 is 0 Å². The predicted octanol–water partition coefficient (Wildman–Crippen LogP) is 4.06. The van der Waals surface area contributed by atoms with Crippen LogP contribution in [-0.2, 0) is 21.4 Å². The third-order valence-corrected chi connectivity index (χ3v) is 7.49. The highest BCUT2D eigenvalue weighted by atomic mass is 35.5. The Morgan fingerprint density at radius 1 is 1.20 bits per heavy atom. The number of benzene rings is 2. The number of nitrogens with zero attached hydrogens (tertiary/aromatic N) is 1. The molecule has 9 heteroatoms. The van der Waals surface area contributed by atoms with Crippen LogP contribution in [0.1, 0.15) is 24.0 Å². The van der Waals surface area contributed by atoms with E-state index < -0.39 is 10.0 Å². The van der Waals surface area contributed by atoms with Gasteiger partial charge in [-0.05, 0) is 63.2 Å². The standard InChI is InChI=1S/C21H25Cl2N3O3S/c1-14-8-9-16(30(28,29)24-2)11-20(14)25-21(27)15-5-4-10-26(12-15)13-17-18(22)6-3-7-19(17)23/h3,6-9,11,15,24H,4-5,10,12-13H2,1-2H3,(H,25,27)/t15-/m1/s1. The second-order valence-electron chi connectivity index (χ2n) is 7.45. The maximum absolute atomic E-state index is 12.9. The molecule has 1 amide bonds. The van der Waals surface area contributed by atoms with Crippen LogP contribution in [0.5, 0.6) is 0 Å². The van der Waals surface area contributed by atoms with Gasteiger partial charge in [0.1, 0.15) is 0 Å². The smallest absolute Gasteiger partial charge is 0.240 e. The predicted molar refractivity (Wildman–Crippen MR) is 121 cm³/mol. The highest BCUT2D eigenvalue weighted by molar-refractivity contribution is 7.89. The average molecular weight is 470 g/mol. The minimum absolute atomic E-state index is 0.115. The van der Waals surface area contributed by atoms with Crippen molar-refractivity contribution >= 4 is 44.8 Å². The zero-order valence-corrected chi connectivity index (χ0v) is 19.2. The summed E-state index contributed by atoms with van der Waals surface area (Å²) in [5, 5.41) is 4.15. The second-order valence-corrected chi connectivity index (χ2v) is 10.1. The lowest BCUT2D eigenvalue weighted by atomic mass is 9.96. The van der Waals surface area contributed by atoms with Crippen LogP contribution < -0.4 is 10.0 Å². The average Bonchev–Trinajstić information content (AvgIpc) is 2.72. The fourth-order valence-corrected chi connectivity index (χ4v) is 4.85. The van der Waals surface area contributed by atoms with Gasteiger partial charge in [-0.2, -0.15) is 0 Å². The van der Waals surface area contributed by atoms with Gasteiger partial charge in [-0.3, -0.25) is 9.69 Å². The van der Waals surface area contributed by atoms with Crippen LogP contribution in [0.25, 0.3) is 0 Å². The number of sulfonamides is 1. The number of carbonyl (C=O) groups excluding carboxylic acids is 1. The Kier molecular flexibility index (Phi) is 7.42. The van der Waals surface area contributed by atoms with E-state index in [1.165, 1.54) is 19.2 Å². The minimum Gasteiger partial charge on any atom is -0.326 e. The molecule has 0 radical (unpaired) electrons. The van der Waals surface area contributed by atoms with Gasteiger partial charge in [0.25, 0.3) is 0 Å². The summed E-state index contributed by atoms with van der Waals surface area (Å²) in [5.41, 5.74) is 2.17. The van der Waals surface area contributed by atoms with E-state index in [0.717, 1.165) is 30.5 Å². The number of likely N-dealkylation sites (tertiary alicyclic amines) is 1. The number of anilines is 1. The number of rotatable bonds is 6. The molecular formula is C21H25Cl2N3O3S. The highest BCUT2D eigenvalue weighted by Crippen LogP contribution is 2.28. The summed E-state index contributed by atoms with van der Waals surface area (Å²) < 4.78 is 26.4. The fraction of sp³-hybridized carbons (Fsp3) is 0.381. The molecule has 30 heavy (non-hydrogen) atoms. The summed E-state index contributed by atoms with van der Waals surface area (Å²) >= 11 is 12.6. The number of piperidine rings is 1. The monoisotopic (exact) mass is 469 g/mol. The second kappa shape index (κ2) is 9.66. The van der Waals surface area contributed by atoms with Gasteiger partial charge in [0.2, 0.25) is 15.9 Å². The Bertz CT molecular complexity index is 1020. The van der Waals surface area contributed by atoms with Crippen molar-refractivity contribution in [2.24, 2.45) is 5.92 Å². The minimum atomic E-state index is -3.58. The maximum atomic E-state index is 12.9. The van der Waals surface area contributed by atoms with Crippen molar-refractivity contribution in [2.45, 2.75) is 31.2 Å². The molecule has 1 aliphatic rings. The molecule has 0 saturated carbocycles. The van der Waals surface area contributed by atoms with E-state index in [0.29, 0.717) is 28.8 Å². The number of amides is 1. The van der Waals surface area contributed by atoms with Crippen LogP contribution in [0.4, 0.5) is 5.69 Å². The van der Waals surface area contributed by atoms with Crippen LogP contribution in [0, 0.1) is 12.8 Å². The number of carbonyl (C=O) groups is 1. The molecular weight excluding hydrogens is 445 g/mol. The van der Waals surface area contributed by atoms with E-state index in [4.69, 9.17) is 23.2 Å². The van der Waals surface area contributed by atoms with E-state index in [2.05, 4.69) is 14.9 Å². The third-order valence-electron chi connectivity index (χ3n) is 5.37.